The van der Waals surface area contributed by atoms with Gasteiger partial charge in [-0.05, 0) is 78.2 Å². The lowest BCUT2D eigenvalue weighted by Gasteiger charge is -2.12. The van der Waals surface area contributed by atoms with E-state index < -0.39 is 6.17 Å². The predicted octanol–water partition coefficient (Wildman–Crippen LogP) is 5.14. The van der Waals surface area contributed by atoms with Crippen molar-refractivity contribution in [3.63, 3.8) is 0 Å². The average molecular weight is 531 g/mol. The topological polar surface area (TPSA) is 102 Å². The van der Waals surface area contributed by atoms with E-state index in [1.54, 1.807) is 6.07 Å². The lowest BCUT2D eigenvalue weighted by atomic mass is 10.1. The number of nitrogens with two attached hydrogens (primary N) is 1. The number of halogens is 2. The Hall–Kier alpha value is -2.75. The summed E-state index contributed by atoms with van der Waals surface area (Å²) in [5.41, 5.74) is 9.88. The van der Waals surface area contributed by atoms with Crippen molar-refractivity contribution >= 4 is 17.4 Å². The number of hydrogen-bond acceptors (Lipinski definition) is 8. The molecular formula is C27H36ClFN6O2. The number of anilines is 1. The summed E-state index contributed by atoms with van der Waals surface area (Å²) in [7, 11) is 1.91. The zero-order chi connectivity index (χ0) is 26.5. The highest BCUT2D eigenvalue weighted by molar-refractivity contribution is 6.33. The van der Waals surface area contributed by atoms with Crippen LogP contribution in [0, 0.1) is 20.8 Å². The summed E-state index contributed by atoms with van der Waals surface area (Å²) in [6, 6.07) is 6.21. The molecule has 1 aromatic carbocycles. The Kier molecular flexibility index (Phi) is 9.00. The van der Waals surface area contributed by atoms with Crippen LogP contribution in [0.2, 0.25) is 5.02 Å². The van der Waals surface area contributed by atoms with Gasteiger partial charge in [-0.1, -0.05) is 16.8 Å². The van der Waals surface area contributed by atoms with E-state index in [0.717, 1.165) is 48.8 Å². The van der Waals surface area contributed by atoms with Gasteiger partial charge in [-0.15, -0.1) is 0 Å². The molecule has 2 aliphatic rings. The Bertz CT molecular complexity index is 1200. The van der Waals surface area contributed by atoms with Crippen LogP contribution >= 0.6 is 11.6 Å². The number of likely N-dealkylation sites (tertiary alicyclic amines) is 1. The third kappa shape index (κ3) is 6.77. The van der Waals surface area contributed by atoms with E-state index in [1.165, 1.54) is 12.8 Å². The van der Waals surface area contributed by atoms with Crippen LogP contribution in [0.15, 0.2) is 22.7 Å². The van der Waals surface area contributed by atoms with Gasteiger partial charge in [0, 0.05) is 30.3 Å². The maximum absolute atomic E-state index is 12.5. The van der Waals surface area contributed by atoms with E-state index in [9.17, 15) is 4.39 Å². The molecule has 0 amide bonds. The molecule has 1 atom stereocenters. The first-order chi connectivity index (χ1) is 17.8. The Balaban J connectivity index is 0.000000295. The fourth-order valence-electron chi connectivity index (χ4n) is 4.44. The molecule has 2 aromatic heterocycles. The molecule has 1 aliphatic heterocycles. The molecule has 3 N–H and O–H groups in total. The summed E-state index contributed by atoms with van der Waals surface area (Å²) >= 11 is 6.43. The number of aromatic nitrogens is 3. The van der Waals surface area contributed by atoms with Crippen molar-refractivity contribution in [3.8, 4) is 28.4 Å². The van der Waals surface area contributed by atoms with Crippen molar-refractivity contribution < 1.29 is 13.7 Å². The first-order valence-corrected chi connectivity index (χ1v) is 13.2. The van der Waals surface area contributed by atoms with E-state index in [0.29, 0.717) is 52.6 Å². The molecule has 5 rings (SSSR count). The van der Waals surface area contributed by atoms with Gasteiger partial charge in [-0.3, -0.25) is 4.90 Å². The van der Waals surface area contributed by atoms with Crippen molar-refractivity contribution in [1.82, 2.24) is 25.3 Å². The van der Waals surface area contributed by atoms with Crippen LogP contribution in [-0.2, 0) is 0 Å². The number of nitrogen functional groups attached to an aromatic ring is 1. The lowest BCUT2D eigenvalue weighted by molar-refractivity contribution is 0.281. The first kappa shape index (κ1) is 27.3. The summed E-state index contributed by atoms with van der Waals surface area (Å²) in [6.07, 6.45) is 3.78. The Morgan fingerprint density at radius 3 is 2.62 bits per heavy atom. The van der Waals surface area contributed by atoms with Crippen molar-refractivity contribution in [2.45, 2.75) is 58.7 Å². The zero-order valence-electron chi connectivity index (χ0n) is 22.0. The van der Waals surface area contributed by atoms with E-state index in [1.807, 2.05) is 40.0 Å². The molecular weight excluding hydrogens is 495 g/mol. The molecule has 200 valence electrons. The van der Waals surface area contributed by atoms with Crippen LogP contribution in [0.4, 0.5) is 10.2 Å². The predicted molar refractivity (Wildman–Crippen MR) is 145 cm³/mol. The van der Waals surface area contributed by atoms with Crippen LogP contribution in [0.1, 0.15) is 42.7 Å². The largest absolute Gasteiger partial charge is 0.494 e. The summed E-state index contributed by atoms with van der Waals surface area (Å²) in [6.45, 7) is 8.80. The van der Waals surface area contributed by atoms with Gasteiger partial charge in [0.05, 0.1) is 28.6 Å². The summed E-state index contributed by atoms with van der Waals surface area (Å²) in [5.74, 6) is 2.20. The highest BCUT2D eigenvalue weighted by Gasteiger charge is 2.34. The summed E-state index contributed by atoms with van der Waals surface area (Å²) < 4.78 is 23.6. The fourth-order valence-corrected chi connectivity index (χ4v) is 4.64. The smallest absolute Gasteiger partial charge is 0.163 e. The number of benzene rings is 1. The first-order valence-electron chi connectivity index (χ1n) is 12.8. The SMILES string of the molecule is CNCCCOc1ccc(Cl)c(-c2nc(N)c(C)c(-c3c(C)noc3C)n2)c1.FC1CCN(C2CC2)C1. The standard InChI is InChI=1S/C20H24ClN5O2.C7H12FN/c1-11-18(17-12(2)26-28-13(17)3)24-20(25-19(11)22)15-10-14(6-7-16(15)21)27-9-5-8-23-4;8-6-3-4-9(5-6)7-1-2-7/h6-7,10,23H,5,8-9H2,1-4H3,(H2,22,24,25);6-7H,1-5H2. The van der Waals surface area contributed by atoms with Crippen molar-refractivity contribution in [3.05, 3.63) is 40.2 Å². The molecule has 2 fully saturated rings. The number of aryl methyl sites for hydroxylation is 2. The molecule has 10 heteroatoms. The Labute approximate surface area is 222 Å². The number of alkyl halides is 1. The van der Waals surface area contributed by atoms with E-state index >= 15 is 0 Å². The minimum atomic E-state index is -0.523. The minimum Gasteiger partial charge on any atom is -0.494 e. The second kappa shape index (κ2) is 12.2. The minimum absolute atomic E-state index is 0.386. The highest BCUT2D eigenvalue weighted by Crippen LogP contribution is 2.35. The molecule has 37 heavy (non-hydrogen) atoms. The zero-order valence-corrected chi connectivity index (χ0v) is 22.7. The average Bonchev–Trinajstić information content (AvgIpc) is 3.56. The van der Waals surface area contributed by atoms with Crippen LogP contribution in [0.25, 0.3) is 22.6 Å². The van der Waals surface area contributed by atoms with Gasteiger partial charge in [-0.25, -0.2) is 14.4 Å². The van der Waals surface area contributed by atoms with E-state index in [4.69, 9.17) is 31.6 Å². The quantitative estimate of drug-likeness (QED) is 0.386. The van der Waals surface area contributed by atoms with Crippen molar-refractivity contribution in [2.75, 3.05) is 39.0 Å². The third-order valence-corrected chi connectivity index (χ3v) is 7.03. The maximum Gasteiger partial charge on any atom is 0.163 e. The van der Waals surface area contributed by atoms with Crippen molar-refractivity contribution in [1.29, 1.82) is 0 Å². The molecule has 1 aliphatic carbocycles. The molecule has 1 saturated carbocycles. The monoisotopic (exact) mass is 530 g/mol. The number of ether oxygens (including phenoxy) is 1. The highest BCUT2D eigenvalue weighted by atomic mass is 35.5. The third-order valence-electron chi connectivity index (χ3n) is 6.70. The van der Waals surface area contributed by atoms with Crippen LogP contribution in [0.5, 0.6) is 5.75 Å². The Morgan fingerprint density at radius 2 is 2.00 bits per heavy atom. The number of nitrogens with one attached hydrogen (secondary N) is 1. The maximum atomic E-state index is 12.5. The molecule has 8 nitrogen and oxygen atoms in total. The molecule has 0 radical (unpaired) electrons. The van der Waals surface area contributed by atoms with Gasteiger partial charge >= 0.3 is 0 Å². The van der Waals surface area contributed by atoms with Crippen LogP contribution < -0.4 is 15.8 Å². The second-order valence-corrected chi connectivity index (χ2v) is 10.1. The number of rotatable bonds is 8. The van der Waals surface area contributed by atoms with Crippen LogP contribution in [0.3, 0.4) is 0 Å². The van der Waals surface area contributed by atoms with Gasteiger partial charge in [0.1, 0.15) is 23.5 Å². The van der Waals surface area contributed by atoms with Gasteiger partial charge in [-0.2, -0.15) is 0 Å². The molecule has 0 spiro atoms. The van der Waals surface area contributed by atoms with E-state index in [-0.39, 0.29) is 0 Å². The molecule has 1 saturated heterocycles. The van der Waals surface area contributed by atoms with Crippen LogP contribution in [-0.4, -0.2) is 65.5 Å². The fraction of sp³-hybridized carbons (Fsp3) is 0.519. The molecule has 3 heterocycles. The Morgan fingerprint density at radius 1 is 1.22 bits per heavy atom. The van der Waals surface area contributed by atoms with E-state index in [2.05, 4.69) is 20.4 Å². The lowest BCUT2D eigenvalue weighted by Crippen LogP contribution is -2.22. The van der Waals surface area contributed by atoms with Gasteiger partial charge < -0.3 is 20.3 Å². The van der Waals surface area contributed by atoms with Crippen molar-refractivity contribution in [2.24, 2.45) is 0 Å². The number of hydrogen-bond donors (Lipinski definition) is 2. The molecule has 1 unspecified atom stereocenters. The van der Waals surface area contributed by atoms with Gasteiger partial charge in [0.25, 0.3) is 0 Å². The van der Waals surface area contributed by atoms with Gasteiger partial charge in [0.15, 0.2) is 5.82 Å². The second-order valence-electron chi connectivity index (χ2n) is 9.66. The number of nitrogens with zero attached hydrogens (tertiary/aromatic N) is 4. The molecule has 0 bridgehead atoms. The summed E-state index contributed by atoms with van der Waals surface area (Å²) in [5, 5.41) is 7.64. The normalized spacial score (nSPS) is 17.5. The van der Waals surface area contributed by atoms with Gasteiger partial charge in [0.2, 0.25) is 0 Å². The summed E-state index contributed by atoms with van der Waals surface area (Å²) in [4.78, 5) is 11.5. The molecule has 3 aromatic rings.